The number of benzene rings is 1. The molecule has 0 bridgehead atoms. The average molecular weight is 291 g/mol. The molecule has 0 spiro atoms. The smallest absolute Gasteiger partial charge is 0.166 e. The summed E-state index contributed by atoms with van der Waals surface area (Å²) in [6, 6.07) is 6.07. The first-order valence-corrected chi connectivity index (χ1v) is 7.94. The zero-order chi connectivity index (χ0) is 14.7. The van der Waals surface area contributed by atoms with Crippen molar-refractivity contribution in [1.82, 2.24) is 0 Å². The SMILES string of the molecule is COc1cccc(C2(N)CCCC2)c1OC1CCOCC1. The molecule has 2 fully saturated rings. The molecule has 2 N–H and O–H groups in total. The molecule has 0 radical (unpaired) electrons. The van der Waals surface area contributed by atoms with Crippen molar-refractivity contribution in [3.8, 4) is 11.5 Å². The Bertz CT molecular complexity index is 477. The van der Waals surface area contributed by atoms with Gasteiger partial charge in [-0.3, -0.25) is 0 Å². The Morgan fingerprint density at radius 1 is 1.19 bits per heavy atom. The molecule has 0 amide bonds. The van der Waals surface area contributed by atoms with E-state index in [1.807, 2.05) is 12.1 Å². The Labute approximate surface area is 126 Å². The van der Waals surface area contributed by atoms with E-state index in [4.69, 9.17) is 19.9 Å². The quantitative estimate of drug-likeness (QED) is 0.926. The van der Waals surface area contributed by atoms with Crippen LogP contribution in [0.4, 0.5) is 0 Å². The average Bonchev–Trinajstić information content (AvgIpc) is 2.96. The van der Waals surface area contributed by atoms with E-state index in [1.54, 1.807) is 7.11 Å². The zero-order valence-corrected chi connectivity index (χ0v) is 12.8. The van der Waals surface area contributed by atoms with E-state index >= 15 is 0 Å². The van der Waals surface area contributed by atoms with Gasteiger partial charge in [-0.05, 0) is 18.9 Å². The highest BCUT2D eigenvalue weighted by molar-refractivity contribution is 5.50. The van der Waals surface area contributed by atoms with Crippen LogP contribution in [0.2, 0.25) is 0 Å². The van der Waals surface area contributed by atoms with Gasteiger partial charge in [-0.15, -0.1) is 0 Å². The van der Waals surface area contributed by atoms with Gasteiger partial charge in [0.2, 0.25) is 0 Å². The van der Waals surface area contributed by atoms with Gasteiger partial charge in [-0.1, -0.05) is 25.0 Å². The van der Waals surface area contributed by atoms with Gasteiger partial charge >= 0.3 is 0 Å². The molecule has 1 aromatic carbocycles. The van der Waals surface area contributed by atoms with Crippen molar-refractivity contribution in [3.05, 3.63) is 23.8 Å². The summed E-state index contributed by atoms with van der Waals surface area (Å²) in [7, 11) is 1.69. The summed E-state index contributed by atoms with van der Waals surface area (Å²) in [5.41, 5.74) is 7.48. The van der Waals surface area contributed by atoms with Crippen molar-refractivity contribution in [1.29, 1.82) is 0 Å². The molecule has 1 aromatic rings. The third kappa shape index (κ3) is 3.01. The molecule has 1 heterocycles. The topological polar surface area (TPSA) is 53.7 Å². The van der Waals surface area contributed by atoms with Crippen LogP contribution in [-0.4, -0.2) is 26.4 Å². The van der Waals surface area contributed by atoms with Crippen molar-refractivity contribution < 1.29 is 14.2 Å². The second kappa shape index (κ2) is 6.24. The van der Waals surface area contributed by atoms with Crippen molar-refractivity contribution in [2.75, 3.05) is 20.3 Å². The molecule has 4 nitrogen and oxygen atoms in total. The van der Waals surface area contributed by atoms with Crippen LogP contribution in [-0.2, 0) is 10.3 Å². The standard InChI is InChI=1S/C17H25NO3/c1-19-15-6-4-5-14(17(18)9-2-3-10-17)16(15)21-13-7-11-20-12-8-13/h4-6,13H,2-3,7-12,18H2,1H3. The summed E-state index contributed by atoms with van der Waals surface area (Å²) >= 11 is 0. The van der Waals surface area contributed by atoms with Gasteiger partial charge < -0.3 is 19.9 Å². The van der Waals surface area contributed by atoms with Gasteiger partial charge in [0.1, 0.15) is 6.10 Å². The van der Waals surface area contributed by atoms with Crippen LogP contribution < -0.4 is 15.2 Å². The molecule has 1 aliphatic heterocycles. The maximum Gasteiger partial charge on any atom is 0.166 e. The fourth-order valence-corrected chi connectivity index (χ4v) is 3.43. The first-order chi connectivity index (χ1) is 10.2. The minimum atomic E-state index is -0.269. The third-order valence-electron chi connectivity index (χ3n) is 4.68. The lowest BCUT2D eigenvalue weighted by Crippen LogP contribution is -2.35. The summed E-state index contributed by atoms with van der Waals surface area (Å²) in [5, 5.41) is 0. The van der Waals surface area contributed by atoms with Gasteiger partial charge in [0, 0.05) is 23.9 Å². The predicted octanol–water partition coefficient (Wildman–Crippen LogP) is 2.98. The Morgan fingerprint density at radius 3 is 2.57 bits per heavy atom. The maximum atomic E-state index is 6.65. The lowest BCUT2D eigenvalue weighted by atomic mass is 9.88. The molecule has 0 unspecified atom stereocenters. The minimum absolute atomic E-state index is 0.193. The first-order valence-electron chi connectivity index (χ1n) is 7.94. The highest BCUT2D eigenvalue weighted by Crippen LogP contribution is 2.44. The second-order valence-corrected chi connectivity index (χ2v) is 6.13. The molecular formula is C17H25NO3. The van der Waals surface area contributed by atoms with Crippen LogP contribution in [0.1, 0.15) is 44.1 Å². The first kappa shape index (κ1) is 14.7. The normalized spacial score (nSPS) is 22.2. The van der Waals surface area contributed by atoms with Crippen LogP contribution in [0.25, 0.3) is 0 Å². The van der Waals surface area contributed by atoms with Crippen LogP contribution in [0.5, 0.6) is 11.5 Å². The molecule has 3 rings (SSSR count). The molecule has 4 heteroatoms. The van der Waals surface area contributed by atoms with Crippen molar-refractivity contribution in [2.45, 2.75) is 50.2 Å². The number of rotatable bonds is 4. The van der Waals surface area contributed by atoms with Gasteiger partial charge in [0.25, 0.3) is 0 Å². The van der Waals surface area contributed by atoms with Gasteiger partial charge in [-0.25, -0.2) is 0 Å². The van der Waals surface area contributed by atoms with E-state index in [1.165, 1.54) is 12.8 Å². The highest BCUT2D eigenvalue weighted by atomic mass is 16.5. The number of nitrogens with two attached hydrogens (primary N) is 1. The van der Waals surface area contributed by atoms with Crippen molar-refractivity contribution in [2.24, 2.45) is 5.73 Å². The zero-order valence-electron chi connectivity index (χ0n) is 12.8. The molecule has 1 saturated heterocycles. The second-order valence-electron chi connectivity index (χ2n) is 6.13. The summed E-state index contributed by atoms with van der Waals surface area (Å²) < 4.78 is 17.2. The monoisotopic (exact) mass is 291 g/mol. The maximum absolute atomic E-state index is 6.65. The fraction of sp³-hybridized carbons (Fsp3) is 0.647. The highest BCUT2D eigenvalue weighted by Gasteiger charge is 2.35. The summed E-state index contributed by atoms with van der Waals surface area (Å²) in [6.45, 7) is 1.53. The van der Waals surface area contributed by atoms with Crippen LogP contribution in [0.15, 0.2) is 18.2 Å². The van der Waals surface area contributed by atoms with E-state index in [9.17, 15) is 0 Å². The lowest BCUT2D eigenvalue weighted by molar-refractivity contribution is 0.0236. The third-order valence-corrected chi connectivity index (χ3v) is 4.68. The Balaban J connectivity index is 1.91. The van der Waals surface area contributed by atoms with Gasteiger partial charge in [-0.2, -0.15) is 0 Å². The lowest BCUT2D eigenvalue weighted by Gasteiger charge is -2.31. The van der Waals surface area contributed by atoms with Crippen molar-refractivity contribution >= 4 is 0 Å². The minimum Gasteiger partial charge on any atom is -0.493 e. The largest absolute Gasteiger partial charge is 0.493 e. The number of methoxy groups -OCH3 is 1. The molecule has 0 atom stereocenters. The number of ether oxygens (including phenoxy) is 3. The van der Waals surface area contributed by atoms with E-state index in [-0.39, 0.29) is 11.6 Å². The fourth-order valence-electron chi connectivity index (χ4n) is 3.43. The molecule has 1 saturated carbocycles. The molecular weight excluding hydrogens is 266 g/mol. The van der Waals surface area contributed by atoms with E-state index in [0.29, 0.717) is 0 Å². The summed E-state index contributed by atoms with van der Waals surface area (Å²) in [5.74, 6) is 1.63. The Kier molecular flexibility index (Phi) is 4.36. The van der Waals surface area contributed by atoms with Crippen LogP contribution in [0.3, 0.4) is 0 Å². The molecule has 116 valence electrons. The van der Waals surface area contributed by atoms with Crippen LogP contribution in [0, 0.1) is 0 Å². The number of hydrogen-bond donors (Lipinski definition) is 1. The number of hydrogen-bond acceptors (Lipinski definition) is 4. The molecule has 0 aromatic heterocycles. The van der Waals surface area contributed by atoms with Gasteiger partial charge in [0.05, 0.1) is 20.3 Å². The van der Waals surface area contributed by atoms with E-state index in [2.05, 4.69) is 6.07 Å². The summed E-state index contributed by atoms with van der Waals surface area (Å²) in [6.07, 6.45) is 6.45. The molecule has 1 aliphatic carbocycles. The number of para-hydroxylation sites is 1. The van der Waals surface area contributed by atoms with Gasteiger partial charge in [0.15, 0.2) is 11.5 Å². The van der Waals surface area contributed by atoms with E-state index < -0.39 is 0 Å². The molecule has 2 aliphatic rings. The summed E-state index contributed by atoms with van der Waals surface area (Å²) in [4.78, 5) is 0. The molecule has 21 heavy (non-hydrogen) atoms. The van der Waals surface area contributed by atoms with Crippen LogP contribution >= 0.6 is 0 Å². The Hall–Kier alpha value is -1.26. The Morgan fingerprint density at radius 2 is 1.90 bits per heavy atom. The van der Waals surface area contributed by atoms with Crippen molar-refractivity contribution in [3.63, 3.8) is 0 Å². The van der Waals surface area contributed by atoms with E-state index in [0.717, 1.165) is 56.0 Å². The predicted molar refractivity (Wildman–Crippen MR) is 81.8 cm³/mol.